The van der Waals surface area contributed by atoms with E-state index in [4.69, 9.17) is 38.5 Å². The number of fused-ring (bicyclic) bond motifs is 5. The van der Waals surface area contributed by atoms with Crippen LogP contribution in [-0.4, -0.2) is 141 Å². The third-order valence-corrected chi connectivity index (χ3v) is 35.0. The summed E-state index contributed by atoms with van der Waals surface area (Å²) < 4.78 is 35.9. The Labute approximate surface area is 969 Å². The van der Waals surface area contributed by atoms with Crippen molar-refractivity contribution in [1.82, 2.24) is 0 Å². The molecule has 17 aromatic rings. The first-order chi connectivity index (χ1) is 68.2. The second-order valence-electron chi connectivity index (χ2n) is 34.9. The molecule has 0 bridgehead atoms. The van der Waals surface area contributed by atoms with Gasteiger partial charge < -0.3 is 85.3 Å². The maximum absolute atomic E-state index is 9.68. The molecule has 0 fully saturated rings. The van der Waals surface area contributed by atoms with Gasteiger partial charge in [0.15, 0.2) is 0 Å². The van der Waals surface area contributed by atoms with Gasteiger partial charge in [-0.05, 0) is 319 Å². The van der Waals surface area contributed by atoms with Gasteiger partial charge in [0.25, 0.3) is 14.8 Å². The third kappa shape index (κ3) is 35.2. The van der Waals surface area contributed by atoms with Crippen LogP contribution in [0.15, 0.2) is 303 Å². The summed E-state index contributed by atoms with van der Waals surface area (Å²) in [7, 11) is 5.68. The van der Waals surface area contributed by atoms with Gasteiger partial charge in [0.2, 0.25) is 0 Å². The largest absolute Gasteiger partial charge is 1.00 e. The summed E-state index contributed by atoms with van der Waals surface area (Å²) >= 11 is 12.3. The number of carbonyl (C=O) groups is 1. The maximum Gasteiger partial charge on any atom is 1.00 e. The molecule has 0 aliphatic heterocycles. The minimum absolute atomic E-state index is 0. The molecule has 0 saturated carbocycles. The first-order valence-electron chi connectivity index (χ1n) is 47.9. The van der Waals surface area contributed by atoms with Crippen LogP contribution in [0.2, 0.25) is 25.5 Å². The van der Waals surface area contributed by atoms with Crippen molar-refractivity contribution in [1.29, 1.82) is 0 Å². The van der Waals surface area contributed by atoms with E-state index in [2.05, 4.69) is 316 Å². The third-order valence-electron chi connectivity index (χ3n) is 23.7. The van der Waals surface area contributed by atoms with Crippen LogP contribution in [0.4, 0.5) is 28.4 Å². The summed E-state index contributed by atoms with van der Waals surface area (Å²) in [6.07, 6.45) is 8.39. The van der Waals surface area contributed by atoms with Crippen LogP contribution in [0.3, 0.4) is 0 Å². The van der Waals surface area contributed by atoms with E-state index in [-0.39, 0.29) is 130 Å². The van der Waals surface area contributed by atoms with Crippen molar-refractivity contribution in [2.75, 3.05) is 105 Å². The molecular formula is C114H135B3BrK2N5O13S5Si. The van der Waals surface area contributed by atoms with Crippen LogP contribution in [0.25, 0.3) is 103 Å². The molecule has 0 aliphatic rings. The first kappa shape index (κ1) is 121. The molecular weight excluding hydrogens is 2030 g/mol. The number of nitrogens with one attached hydrogen (secondary N) is 2. The fraction of sp³-hybridized carbons (Fsp3) is 0.272. The van der Waals surface area contributed by atoms with Gasteiger partial charge in [0.05, 0.1) is 26.4 Å². The van der Waals surface area contributed by atoms with Crippen LogP contribution in [-0.2, 0) is 14.1 Å². The number of anilines is 5. The number of unbranched alkanes of at least 4 members (excludes halogenated alkanes) is 3. The monoisotopic (exact) mass is 2160 g/mol. The van der Waals surface area contributed by atoms with E-state index in [1.54, 1.807) is 71.9 Å². The fourth-order valence-electron chi connectivity index (χ4n) is 15.3. The molecule has 0 radical (unpaired) electrons. The molecule has 0 atom stereocenters. The van der Waals surface area contributed by atoms with Crippen molar-refractivity contribution in [2.45, 2.75) is 126 Å². The van der Waals surface area contributed by atoms with Crippen LogP contribution in [0, 0.1) is 0 Å². The van der Waals surface area contributed by atoms with E-state index >= 15 is 0 Å². The predicted octanol–water partition coefficient (Wildman–Crippen LogP) is 22.1. The van der Waals surface area contributed by atoms with Crippen molar-refractivity contribution in [3.63, 3.8) is 0 Å². The quantitative estimate of drug-likeness (QED) is 0.00483. The molecule has 30 heteroatoms. The summed E-state index contributed by atoms with van der Waals surface area (Å²) in [5.74, 6) is 4.02. The van der Waals surface area contributed by atoms with Gasteiger partial charge in [0, 0.05) is 115 Å². The van der Waals surface area contributed by atoms with Gasteiger partial charge in [-0.2, -0.15) is 0 Å². The second-order valence-corrected chi connectivity index (χ2v) is 45.4. The van der Waals surface area contributed by atoms with E-state index in [9.17, 15) is 20.2 Å². The molecule has 5 heterocycles. The summed E-state index contributed by atoms with van der Waals surface area (Å²) in [6, 6.07) is 105. The SMILES string of the molecule is C.CB(O)N(C)c1ccc(-c2cc3ccc(OCCCO)cc3s2)cc1.CC(C)(C)[Si](OCCCBr)(c1ccccc1)c1ccccc1.CCCCOc1ccc2cc(-c3ccc(N(C)B(C)O)cc3)sc2c1.CCCCOc1ccc2cc(-c3ccc(N(C)B(C)O)cc3)sc2c1.CCCCOc1ccc2cc(-c3ccc(NC)cc3)sc2c1.CNc1ccc(-c2cc3ccc(O)cc3s2)cc1.O=CO[O-].[H-].[K+].[K+]. The number of hydrogen-bond donors (Lipinski definition) is 7. The predicted molar refractivity (Wildman–Crippen MR) is 619 cm³/mol. The number of aliphatic hydroxyl groups excluding tert-OH is 1. The fourth-order valence-corrected chi connectivity index (χ4v) is 25.6. The zero-order valence-corrected chi connectivity index (χ0v) is 98.0. The molecule has 0 aliphatic carbocycles. The van der Waals surface area contributed by atoms with Crippen molar-refractivity contribution in [2.24, 2.45) is 0 Å². The molecule has 7 N–H and O–H groups in total. The average Bonchev–Trinajstić information content (AvgIpc) is 1.54. The Balaban J connectivity index is 0.000000233. The Morgan fingerprint density at radius 1 is 0.396 bits per heavy atom. The van der Waals surface area contributed by atoms with E-state index in [1.807, 2.05) is 116 Å². The molecule has 18 nitrogen and oxygen atoms in total. The summed E-state index contributed by atoms with van der Waals surface area (Å²) in [5.41, 5.74) is 11.2. The minimum atomic E-state index is -2.31. The van der Waals surface area contributed by atoms with E-state index < -0.39 is 29.5 Å². The van der Waals surface area contributed by atoms with Crippen molar-refractivity contribution < 1.29 is 168 Å². The number of thiophene rings is 5. The number of aliphatic hydroxyl groups is 1. The number of phenols is 1. The van der Waals surface area contributed by atoms with Gasteiger partial charge in [-0.25, -0.2) is 0 Å². The van der Waals surface area contributed by atoms with Gasteiger partial charge in [-0.1, -0.05) is 205 Å². The molecule has 144 heavy (non-hydrogen) atoms. The van der Waals surface area contributed by atoms with Crippen molar-refractivity contribution >= 4 is 198 Å². The van der Waals surface area contributed by atoms with Crippen LogP contribution in [0.5, 0.6) is 28.7 Å². The molecule has 17 rings (SSSR count). The minimum Gasteiger partial charge on any atom is -1.00 e. The van der Waals surface area contributed by atoms with Gasteiger partial charge in [-0.15, -0.1) is 56.7 Å². The molecule has 746 valence electrons. The van der Waals surface area contributed by atoms with Crippen LogP contribution >= 0.6 is 72.6 Å². The van der Waals surface area contributed by atoms with Crippen molar-refractivity contribution in [3.8, 4) is 81.0 Å². The normalized spacial score (nSPS) is 10.7. The number of nitrogens with zero attached hydrogens (tertiary/aromatic N) is 3. The Hall–Kier alpha value is -8.17. The number of ether oxygens (including phenoxy) is 4. The number of rotatable bonds is 36. The number of benzene rings is 12. The summed E-state index contributed by atoms with van der Waals surface area (Å²) in [5, 5.41) is 71.9. The van der Waals surface area contributed by atoms with Gasteiger partial charge in [0.1, 0.15) is 28.7 Å². The second kappa shape index (κ2) is 62.3. The Bertz CT molecular complexity index is 6260. The Morgan fingerprint density at radius 3 is 0.903 bits per heavy atom. The van der Waals surface area contributed by atoms with Gasteiger partial charge >= 0.3 is 124 Å². The van der Waals surface area contributed by atoms with E-state index in [1.165, 1.54) is 103 Å². The average molecular weight is 2160 g/mol. The molecule has 12 aromatic carbocycles. The van der Waals surface area contributed by atoms with Crippen LogP contribution in [0.1, 0.15) is 102 Å². The van der Waals surface area contributed by atoms with Gasteiger partial charge in [-0.3, -0.25) is 4.79 Å². The molecule has 0 amide bonds. The Kier molecular flexibility index (Phi) is 52.4. The zero-order chi connectivity index (χ0) is 101. The topological polar surface area (TPSA) is 230 Å². The smallest absolute Gasteiger partial charge is 1.00 e. The van der Waals surface area contributed by atoms with E-state index in [0.717, 1.165) is 138 Å². The van der Waals surface area contributed by atoms with E-state index in [0.29, 0.717) is 18.8 Å². The summed E-state index contributed by atoms with van der Waals surface area (Å²) in [6.45, 7) is 22.4. The number of halogens is 1. The zero-order valence-electron chi connectivity index (χ0n) is 86.0. The van der Waals surface area contributed by atoms with Crippen molar-refractivity contribution in [3.05, 3.63) is 303 Å². The maximum atomic E-state index is 9.68. The molecule has 0 saturated heterocycles. The number of phenolic OH excluding ortho intramolecular Hbond substituents is 1. The standard InChI is InChI=1S/2C20H24BNO2S.C19H22BNO3S.C19H25BrOSi.C19H21NOS.C15H13NOS.CH2O3.CH4.2K.H/c2*1-4-5-12-24-18-11-8-16-13-19(25-20(16)14-18)15-6-9-17(10-7-15)22(3)21(2)23;1-20(23)21(2)16-7-4-14(5-8-16)18-12-15-6-9-17(13-19(15)25-18)24-11-3-10-22;1-19(2,3)22(21-16-10-15-20,17-11-6-4-7-12-17)18-13-8-5-9-14-18;1-3-4-11-21-17-10-7-15-12-18(22-19(15)13-17)14-5-8-16(20-2)9-6-14;1-16-12-5-2-10(3-6-12)14-8-11-4-7-13(17)9-15(11)18-14;2-1-4-3;;;;/h2*6-11,13-14,23H,4-5,12H2,1-3H3;4-9,12-13,22-23H,3,10-11H2,1-2H3;4-9,11-14H,10,15-16H2,1-3H3;5-10,12-13,20H,3-4,11H2,1-2H3;2-9,16-17H,1H3;1,3H;1H4;;;/q;;;;;;;;2*+1;-1/p-1. The number of hydrogen-bond acceptors (Lipinski definition) is 23. The summed E-state index contributed by atoms with van der Waals surface area (Å²) in [4.78, 5) is 23.0. The molecule has 5 aromatic heterocycles. The number of carbonyl (C=O) groups excluding carboxylic acids is 1. The number of alkyl halides is 1. The first-order valence-corrected chi connectivity index (χ1v) is 55.0. The molecule has 0 unspecified atom stereocenters. The molecule has 0 spiro atoms. The Morgan fingerprint density at radius 2 is 0.660 bits per heavy atom. The number of aromatic hydroxyl groups is 1. The van der Waals surface area contributed by atoms with Crippen LogP contribution < -0.4 is 162 Å².